The van der Waals surface area contributed by atoms with Crippen LogP contribution in [0.3, 0.4) is 0 Å². The van der Waals surface area contributed by atoms with E-state index in [0.717, 1.165) is 5.56 Å². The van der Waals surface area contributed by atoms with Crippen LogP contribution in [0.25, 0.3) is 0 Å². The van der Waals surface area contributed by atoms with Crippen LogP contribution in [0.2, 0.25) is 0 Å². The first-order valence-electron chi connectivity index (χ1n) is 11.4. The Hall–Kier alpha value is -3.78. The first-order chi connectivity index (χ1) is 16.9. The normalized spacial score (nSPS) is 10.5. The third-order valence-corrected chi connectivity index (χ3v) is 5.25. The Balaban J connectivity index is 1.80. The predicted octanol–water partition coefficient (Wildman–Crippen LogP) is 5.01. The molecule has 0 unspecified atom stereocenters. The molecule has 182 valence electrons. The van der Waals surface area contributed by atoms with Gasteiger partial charge in [-0.25, -0.2) is 4.79 Å². The number of carbonyl (C=O) groups excluding carboxylic acids is 2. The summed E-state index contributed by atoms with van der Waals surface area (Å²) in [6, 6.07) is 17.6. The maximum absolute atomic E-state index is 13.0. The Morgan fingerprint density at radius 2 is 1.74 bits per heavy atom. The first kappa shape index (κ1) is 25.8. The average molecular weight is 492 g/mol. The number of benzene rings is 2. The van der Waals surface area contributed by atoms with Gasteiger partial charge in [0.25, 0.3) is 5.91 Å². The van der Waals surface area contributed by atoms with Gasteiger partial charge in [0.05, 0.1) is 25.3 Å². The molecule has 0 atom stereocenters. The zero-order valence-corrected chi connectivity index (χ0v) is 20.9. The second kappa shape index (κ2) is 12.6. The number of anilines is 1. The molecule has 35 heavy (non-hydrogen) atoms. The van der Waals surface area contributed by atoms with Crippen molar-refractivity contribution < 1.29 is 19.1 Å². The third-order valence-electron chi connectivity index (χ3n) is 4.93. The molecule has 0 aliphatic carbocycles. The van der Waals surface area contributed by atoms with Gasteiger partial charge in [0.1, 0.15) is 5.75 Å². The lowest BCUT2D eigenvalue weighted by Gasteiger charge is -2.26. The number of pyridine rings is 1. The summed E-state index contributed by atoms with van der Waals surface area (Å²) in [5.41, 5.74) is 2.55. The van der Waals surface area contributed by atoms with Gasteiger partial charge in [0, 0.05) is 23.6 Å². The molecule has 1 aromatic heterocycles. The van der Waals surface area contributed by atoms with E-state index < -0.39 is 5.97 Å². The fourth-order valence-corrected chi connectivity index (χ4v) is 3.43. The standard InChI is InChI=1S/C27H29N3O4S/c1-4-33-26(32)21-8-10-23(11-9-21)30(17-20-12-14-28-15-13-20)27(35)29-25(31)22-6-5-7-24(16-22)34-18-19(2)3/h5-16,19H,4,17-18H2,1-3H3,(H,29,31,35). The van der Waals surface area contributed by atoms with Gasteiger partial charge in [0.15, 0.2) is 5.11 Å². The molecule has 0 aliphatic heterocycles. The van der Waals surface area contributed by atoms with Crippen molar-refractivity contribution in [2.75, 3.05) is 18.1 Å². The fraction of sp³-hybridized carbons (Fsp3) is 0.259. The van der Waals surface area contributed by atoms with E-state index in [4.69, 9.17) is 21.7 Å². The number of amides is 1. The molecule has 3 aromatic rings. The van der Waals surface area contributed by atoms with Crippen LogP contribution in [0, 0.1) is 5.92 Å². The zero-order chi connectivity index (χ0) is 25.2. The summed E-state index contributed by atoms with van der Waals surface area (Å²) in [4.78, 5) is 30.9. The molecule has 0 bridgehead atoms. The molecule has 0 saturated heterocycles. The fourth-order valence-electron chi connectivity index (χ4n) is 3.17. The largest absolute Gasteiger partial charge is 0.493 e. The smallest absolute Gasteiger partial charge is 0.338 e. The number of rotatable bonds is 9. The molecule has 7 nitrogen and oxygen atoms in total. The van der Waals surface area contributed by atoms with Crippen molar-refractivity contribution in [2.24, 2.45) is 5.92 Å². The summed E-state index contributed by atoms with van der Waals surface area (Å²) in [5, 5.41) is 3.05. The van der Waals surface area contributed by atoms with Gasteiger partial charge in [-0.3, -0.25) is 15.1 Å². The van der Waals surface area contributed by atoms with E-state index in [1.807, 2.05) is 18.2 Å². The van der Waals surface area contributed by atoms with Crippen molar-refractivity contribution in [3.8, 4) is 5.75 Å². The van der Waals surface area contributed by atoms with E-state index in [0.29, 0.717) is 48.2 Å². The van der Waals surface area contributed by atoms with E-state index >= 15 is 0 Å². The van der Waals surface area contributed by atoms with Crippen molar-refractivity contribution in [2.45, 2.75) is 27.3 Å². The minimum Gasteiger partial charge on any atom is -0.493 e. The van der Waals surface area contributed by atoms with Crippen molar-refractivity contribution in [3.05, 3.63) is 89.7 Å². The molecule has 1 heterocycles. The van der Waals surface area contributed by atoms with Gasteiger partial charge < -0.3 is 14.4 Å². The lowest BCUT2D eigenvalue weighted by atomic mass is 10.1. The molecular formula is C27H29N3O4S. The molecule has 2 aromatic carbocycles. The number of hydrogen-bond acceptors (Lipinski definition) is 6. The van der Waals surface area contributed by atoms with Gasteiger partial charge >= 0.3 is 5.97 Å². The summed E-state index contributed by atoms with van der Waals surface area (Å²) >= 11 is 5.63. The Morgan fingerprint density at radius 1 is 1.03 bits per heavy atom. The van der Waals surface area contributed by atoms with Crippen LogP contribution < -0.4 is 15.0 Å². The molecule has 8 heteroatoms. The van der Waals surface area contributed by atoms with Gasteiger partial charge in [-0.1, -0.05) is 19.9 Å². The highest BCUT2D eigenvalue weighted by Crippen LogP contribution is 2.20. The highest BCUT2D eigenvalue weighted by molar-refractivity contribution is 7.80. The van der Waals surface area contributed by atoms with Crippen molar-refractivity contribution in [1.29, 1.82) is 0 Å². The lowest BCUT2D eigenvalue weighted by molar-refractivity contribution is 0.0526. The topological polar surface area (TPSA) is 80.8 Å². The lowest BCUT2D eigenvalue weighted by Crippen LogP contribution is -2.42. The number of thiocarbonyl (C=S) groups is 1. The Labute approximate surface area is 211 Å². The minimum absolute atomic E-state index is 0.226. The Kier molecular flexibility index (Phi) is 9.31. The van der Waals surface area contributed by atoms with Crippen molar-refractivity contribution in [3.63, 3.8) is 0 Å². The molecule has 0 saturated carbocycles. The SMILES string of the molecule is CCOC(=O)c1ccc(N(Cc2ccncc2)C(=S)NC(=O)c2cccc(OCC(C)C)c2)cc1. The average Bonchev–Trinajstić information content (AvgIpc) is 2.87. The molecule has 0 spiro atoms. The van der Waals surface area contributed by atoms with Gasteiger partial charge in [0.2, 0.25) is 0 Å². The number of nitrogens with zero attached hydrogens (tertiary/aromatic N) is 2. The molecule has 1 N–H and O–H groups in total. The Bertz CT molecular complexity index is 1150. The van der Waals surface area contributed by atoms with Crippen LogP contribution in [0.4, 0.5) is 5.69 Å². The van der Waals surface area contributed by atoms with Crippen LogP contribution in [0.1, 0.15) is 47.1 Å². The van der Waals surface area contributed by atoms with E-state index in [1.54, 1.807) is 66.7 Å². The number of esters is 1. The maximum Gasteiger partial charge on any atom is 0.338 e. The minimum atomic E-state index is -0.393. The summed E-state index contributed by atoms with van der Waals surface area (Å²) in [7, 11) is 0. The monoisotopic (exact) mass is 491 g/mol. The van der Waals surface area contributed by atoms with Gasteiger partial charge in [-0.2, -0.15) is 0 Å². The van der Waals surface area contributed by atoms with E-state index in [-0.39, 0.29) is 11.0 Å². The molecule has 0 aliphatic rings. The number of hydrogen-bond donors (Lipinski definition) is 1. The quantitative estimate of drug-likeness (QED) is 0.333. The van der Waals surface area contributed by atoms with Crippen molar-refractivity contribution in [1.82, 2.24) is 10.3 Å². The number of aromatic nitrogens is 1. The van der Waals surface area contributed by atoms with Crippen LogP contribution in [-0.2, 0) is 11.3 Å². The highest BCUT2D eigenvalue weighted by Gasteiger charge is 2.18. The third kappa shape index (κ3) is 7.61. The van der Waals surface area contributed by atoms with Crippen LogP contribution in [0.5, 0.6) is 5.75 Å². The van der Waals surface area contributed by atoms with Gasteiger partial charge in [-0.15, -0.1) is 0 Å². The predicted molar refractivity (Wildman–Crippen MR) is 140 cm³/mol. The van der Waals surface area contributed by atoms with E-state index in [2.05, 4.69) is 24.1 Å². The van der Waals surface area contributed by atoms with Crippen LogP contribution in [0.15, 0.2) is 73.1 Å². The Morgan fingerprint density at radius 3 is 2.40 bits per heavy atom. The summed E-state index contributed by atoms with van der Waals surface area (Å²) in [6.07, 6.45) is 3.39. The zero-order valence-electron chi connectivity index (χ0n) is 20.1. The van der Waals surface area contributed by atoms with Crippen LogP contribution in [-0.4, -0.2) is 35.2 Å². The second-order valence-electron chi connectivity index (χ2n) is 8.20. The summed E-state index contributed by atoms with van der Waals surface area (Å²) in [5.74, 6) is 0.264. The summed E-state index contributed by atoms with van der Waals surface area (Å²) < 4.78 is 10.8. The molecule has 0 radical (unpaired) electrons. The molecular weight excluding hydrogens is 462 g/mol. The van der Waals surface area contributed by atoms with Gasteiger partial charge in [-0.05, 0) is 85.2 Å². The first-order valence-corrected chi connectivity index (χ1v) is 11.8. The molecule has 0 fully saturated rings. The number of ether oxygens (including phenoxy) is 2. The van der Waals surface area contributed by atoms with Crippen LogP contribution >= 0.6 is 12.2 Å². The van der Waals surface area contributed by atoms with E-state index in [1.165, 1.54) is 0 Å². The molecule has 1 amide bonds. The highest BCUT2D eigenvalue weighted by atomic mass is 32.1. The number of nitrogens with one attached hydrogen (secondary N) is 1. The second-order valence-corrected chi connectivity index (χ2v) is 8.59. The summed E-state index contributed by atoms with van der Waals surface area (Å²) in [6.45, 7) is 7.14. The van der Waals surface area contributed by atoms with Crippen molar-refractivity contribution >= 4 is 34.9 Å². The van der Waals surface area contributed by atoms with E-state index in [9.17, 15) is 9.59 Å². The maximum atomic E-state index is 13.0. The molecule has 3 rings (SSSR count). The number of carbonyl (C=O) groups is 2.